The molecule has 0 saturated carbocycles. The molecule has 0 bridgehead atoms. The van der Waals surface area contributed by atoms with Crippen LogP contribution in [-0.4, -0.2) is 11.1 Å². The molecule has 94 valence electrons. The van der Waals surface area contributed by atoms with Crippen LogP contribution in [-0.2, 0) is 6.54 Å². The molecule has 0 fully saturated rings. The summed E-state index contributed by atoms with van der Waals surface area (Å²) >= 11 is 5.01. The summed E-state index contributed by atoms with van der Waals surface area (Å²) in [4.78, 5) is 13.4. The Labute approximate surface area is 118 Å². The van der Waals surface area contributed by atoms with Crippen LogP contribution in [0.15, 0.2) is 34.8 Å². The fraction of sp³-hybridized carbons (Fsp3) is 0.154. The molecule has 1 aromatic heterocycles. The number of aromatic carboxylic acids is 1. The van der Waals surface area contributed by atoms with E-state index in [1.807, 2.05) is 0 Å². The van der Waals surface area contributed by atoms with Crippen LogP contribution in [0.4, 0.5) is 5.69 Å². The maximum atomic E-state index is 10.9. The average molecular weight is 326 g/mol. The first-order valence-corrected chi connectivity index (χ1v) is 6.99. The summed E-state index contributed by atoms with van der Waals surface area (Å²) in [5.74, 6) is -0.928. The number of halogens is 1. The second-order valence-electron chi connectivity index (χ2n) is 3.87. The van der Waals surface area contributed by atoms with Gasteiger partial charge in [0.1, 0.15) is 0 Å². The van der Waals surface area contributed by atoms with Crippen molar-refractivity contribution in [2.75, 3.05) is 5.32 Å². The zero-order valence-electron chi connectivity index (χ0n) is 9.74. The number of nitrogens with one attached hydrogen (secondary N) is 1. The third kappa shape index (κ3) is 3.11. The average Bonchev–Trinajstić information content (AvgIpc) is 2.72. The van der Waals surface area contributed by atoms with Crippen molar-refractivity contribution in [2.24, 2.45) is 0 Å². The van der Waals surface area contributed by atoms with E-state index in [2.05, 4.69) is 40.3 Å². The van der Waals surface area contributed by atoms with Gasteiger partial charge in [0.25, 0.3) is 0 Å². The number of anilines is 1. The normalized spacial score (nSPS) is 10.3. The second-order valence-corrected chi connectivity index (χ2v) is 6.09. The fourth-order valence-corrected chi connectivity index (χ4v) is 2.95. The number of carboxylic acids is 1. The summed E-state index contributed by atoms with van der Waals surface area (Å²) in [6.45, 7) is 2.82. The predicted molar refractivity (Wildman–Crippen MR) is 77.5 cm³/mol. The largest absolute Gasteiger partial charge is 0.478 e. The van der Waals surface area contributed by atoms with E-state index < -0.39 is 5.97 Å². The second kappa shape index (κ2) is 5.54. The van der Waals surface area contributed by atoms with Gasteiger partial charge in [0.2, 0.25) is 0 Å². The van der Waals surface area contributed by atoms with Gasteiger partial charge in [-0.15, -0.1) is 11.3 Å². The Morgan fingerprint density at radius 1 is 1.39 bits per heavy atom. The number of aryl methyl sites for hydroxylation is 1. The Bertz CT molecular complexity index is 580. The molecule has 2 aromatic rings. The van der Waals surface area contributed by atoms with Crippen LogP contribution in [0.5, 0.6) is 0 Å². The zero-order chi connectivity index (χ0) is 13.1. The quantitative estimate of drug-likeness (QED) is 0.888. The lowest BCUT2D eigenvalue weighted by Gasteiger charge is -2.06. The predicted octanol–water partition coefficient (Wildman–Crippen LogP) is 4.13. The summed E-state index contributed by atoms with van der Waals surface area (Å²) in [6.07, 6.45) is 0. The van der Waals surface area contributed by atoms with Crippen LogP contribution in [0.1, 0.15) is 20.1 Å². The molecular weight excluding hydrogens is 314 g/mol. The van der Waals surface area contributed by atoms with Crippen molar-refractivity contribution in [2.45, 2.75) is 13.5 Å². The number of carboxylic acid groups (broad SMARTS) is 1. The summed E-state index contributed by atoms with van der Waals surface area (Å²) in [5, 5.41) is 12.2. The van der Waals surface area contributed by atoms with Crippen LogP contribution in [0.3, 0.4) is 0 Å². The summed E-state index contributed by atoms with van der Waals surface area (Å²) in [5.41, 5.74) is 1.17. The number of hydrogen-bond donors (Lipinski definition) is 2. The lowest BCUT2D eigenvalue weighted by molar-refractivity contribution is 0.0696. The van der Waals surface area contributed by atoms with Crippen molar-refractivity contribution < 1.29 is 9.90 Å². The third-order valence-corrected chi connectivity index (χ3v) is 4.12. The van der Waals surface area contributed by atoms with E-state index in [0.717, 1.165) is 12.2 Å². The van der Waals surface area contributed by atoms with Crippen molar-refractivity contribution in [3.63, 3.8) is 0 Å². The van der Waals surface area contributed by atoms with E-state index in [9.17, 15) is 4.79 Å². The molecule has 0 radical (unpaired) electrons. The molecular formula is C13H12BrNO2S. The van der Waals surface area contributed by atoms with Crippen LogP contribution < -0.4 is 5.32 Å². The Balaban J connectivity index is 2.06. The number of hydrogen-bond acceptors (Lipinski definition) is 3. The summed E-state index contributed by atoms with van der Waals surface area (Å²) < 4.78 is 0.586. The highest BCUT2D eigenvalue weighted by atomic mass is 79.9. The van der Waals surface area contributed by atoms with E-state index in [1.54, 1.807) is 29.5 Å². The molecule has 0 amide bonds. The van der Waals surface area contributed by atoms with Crippen molar-refractivity contribution in [1.82, 2.24) is 0 Å². The Kier molecular flexibility index (Phi) is 4.04. The Morgan fingerprint density at radius 2 is 2.17 bits per heavy atom. The lowest BCUT2D eigenvalue weighted by Crippen LogP contribution is -2.01. The monoisotopic (exact) mass is 325 g/mol. The Hall–Kier alpha value is -1.33. The van der Waals surface area contributed by atoms with Gasteiger partial charge in [0, 0.05) is 26.5 Å². The zero-order valence-corrected chi connectivity index (χ0v) is 12.1. The number of benzene rings is 1. The van der Waals surface area contributed by atoms with E-state index in [0.29, 0.717) is 4.47 Å². The molecule has 0 aliphatic carbocycles. The van der Waals surface area contributed by atoms with Crippen LogP contribution in [0.25, 0.3) is 0 Å². The Morgan fingerprint density at radius 3 is 2.72 bits per heavy atom. The molecule has 5 heteroatoms. The highest BCUT2D eigenvalue weighted by Gasteiger charge is 2.08. The third-order valence-electron chi connectivity index (χ3n) is 2.46. The summed E-state index contributed by atoms with van der Waals surface area (Å²) in [7, 11) is 0. The van der Waals surface area contributed by atoms with Crippen LogP contribution >= 0.6 is 27.3 Å². The minimum Gasteiger partial charge on any atom is -0.478 e. The van der Waals surface area contributed by atoms with E-state index in [1.165, 1.54) is 9.75 Å². The summed E-state index contributed by atoms with van der Waals surface area (Å²) in [6, 6.07) is 9.33. The molecule has 3 nitrogen and oxygen atoms in total. The van der Waals surface area contributed by atoms with Gasteiger partial charge in [-0.3, -0.25) is 0 Å². The molecule has 1 heterocycles. The molecule has 0 aliphatic heterocycles. The standard InChI is InChI=1S/C13H12BrNO2S/c1-8-2-4-10(18-8)7-15-9-3-5-11(13(16)17)12(14)6-9/h2-6,15H,7H2,1H3,(H,16,17). The molecule has 0 atom stereocenters. The molecule has 18 heavy (non-hydrogen) atoms. The number of thiophene rings is 1. The van der Waals surface area contributed by atoms with Gasteiger partial charge in [0.15, 0.2) is 0 Å². The van der Waals surface area contributed by atoms with Gasteiger partial charge < -0.3 is 10.4 Å². The van der Waals surface area contributed by atoms with Gasteiger partial charge in [-0.25, -0.2) is 4.79 Å². The van der Waals surface area contributed by atoms with Crippen LogP contribution in [0, 0.1) is 6.92 Å². The number of rotatable bonds is 4. The topological polar surface area (TPSA) is 49.3 Å². The van der Waals surface area contributed by atoms with E-state index >= 15 is 0 Å². The van der Waals surface area contributed by atoms with Gasteiger partial charge in [-0.1, -0.05) is 0 Å². The first-order chi connectivity index (χ1) is 8.56. The van der Waals surface area contributed by atoms with Gasteiger partial charge in [-0.2, -0.15) is 0 Å². The highest BCUT2D eigenvalue weighted by Crippen LogP contribution is 2.23. The first-order valence-electron chi connectivity index (χ1n) is 5.38. The lowest BCUT2D eigenvalue weighted by atomic mass is 10.2. The molecule has 0 saturated heterocycles. The SMILES string of the molecule is Cc1ccc(CNc2ccc(C(=O)O)c(Br)c2)s1. The van der Waals surface area contributed by atoms with Crippen molar-refractivity contribution >= 4 is 38.9 Å². The van der Waals surface area contributed by atoms with Crippen molar-refractivity contribution in [3.05, 3.63) is 50.1 Å². The molecule has 2 rings (SSSR count). The van der Waals surface area contributed by atoms with E-state index in [4.69, 9.17) is 5.11 Å². The van der Waals surface area contributed by atoms with Gasteiger partial charge >= 0.3 is 5.97 Å². The molecule has 0 aliphatic rings. The number of carbonyl (C=O) groups is 1. The molecule has 1 aromatic carbocycles. The van der Waals surface area contributed by atoms with E-state index in [-0.39, 0.29) is 5.56 Å². The van der Waals surface area contributed by atoms with Crippen LogP contribution in [0.2, 0.25) is 0 Å². The smallest absolute Gasteiger partial charge is 0.336 e. The van der Waals surface area contributed by atoms with Crippen molar-refractivity contribution in [3.8, 4) is 0 Å². The fourth-order valence-electron chi connectivity index (χ4n) is 1.57. The van der Waals surface area contributed by atoms with Gasteiger partial charge in [0.05, 0.1) is 5.56 Å². The van der Waals surface area contributed by atoms with Gasteiger partial charge in [-0.05, 0) is 53.2 Å². The first kappa shape index (κ1) is 13.1. The maximum Gasteiger partial charge on any atom is 0.336 e. The minimum absolute atomic E-state index is 0.271. The molecule has 2 N–H and O–H groups in total. The van der Waals surface area contributed by atoms with Crippen molar-refractivity contribution in [1.29, 1.82) is 0 Å². The highest BCUT2D eigenvalue weighted by molar-refractivity contribution is 9.10. The minimum atomic E-state index is -0.928. The molecule has 0 spiro atoms. The maximum absolute atomic E-state index is 10.9. The molecule has 0 unspecified atom stereocenters.